The van der Waals surface area contributed by atoms with Crippen LogP contribution in [0.15, 0.2) is 72.6 Å². The number of Topliss-reactive ketones (excluding diaryl/α,β-unsaturated/α-hetero) is 1. The number of pyridine rings is 1. The highest BCUT2D eigenvalue weighted by molar-refractivity contribution is 5.95. The summed E-state index contributed by atoms with van der Waals surface area (Å²) in [6, 6.07) is 19.6. The summed E-state index contributed by atoms with van der Waals surface area (Å²) in [6.45, 7) is 16.7. The van der Waals surface area contributed by atoms with Crippen molar-refractivity contribution in [2.75, 3.05) is 38.1 Å². The number of ketones is 1. The summed E-state index contributed by atoms with van der Waals surface area (Å²) in [5, 5.41) is 3.19. The van der Waals surface area contributed by atoms with Crippen LogP contribution >= 0.6 is 0 Å². The molecule has 256 valence electrons. The normalized spacial score (nSPS) is 17.7. The molecule has 6 heteroatoms. The fourth-order valence-electron chi connectivity index (χ4n) is 7.69. The van der Waals surface area contributed by atoms with Crippen LogP contribution in [0.5, 0.6) is 0 Å². The van der Waals surface area contributed by atoms with Crippen LogP contribution in [-0.2, 0) is 4.79 Å². The average molecular weight is 649 g/mol. The minimum atomic E-state index is -0.111. The lowest BCUT2D eigenvalue weighted by Gasteiger charge is -2.56. The molecule has 48 heavy (non-hydrogen) atoms. The summed E-state index contributed by atoms with van der Waals surface area (Å²) in [7, 11) is 2.22. The first kappa shape index (κ1) is 35.5. The van der Waals surface area contributed by atoms with Gasteiger partial charge >= 0.3 is 0 Å². The number of aryl methyl sites for hydroxylation is 1. The van der Waals surface area contributed by atoms with Gasteiger partial charge in [0, 0.05) is 43.2 Å². The highest BCUT2D eigenvalue weighted by atomic mass is 16.1. The highest BCUT2D eigenvalue weighted by Crippen LogP contribution is 2.54. The molecule has 1 atom stereocenters. The second kappa shape index (κ2) is 15.2. The largest absolute Gasteiger partial charge is 0.370 e. The van der Waals surface area contributed by atoms with E-state index < -0.39 is 0 Å². The van der Waals surface area contributed by atoms with Crippen molar-refractivity contribution in [3.8, 4) is 0 Å². The monoisotopic (exact) mass is 648 g/mol. The van der Waals surface area contributed by atoms with Gasteiger partial charge in [-0.2, -0.15) is 0 Å². The molecule has 2 heterocycles. The molecule has 1 amide bonds. The van der Waals surface area contributed by atoms with Gasteiger partial charge in [-0.05, 0) is 101 Å². The Morgan fingerprint density at radius 3 is 1.96 bits per heavy atom. The Bertz CT molecular complexity index is 1580. The number of allylic oxidation sites excluding steroid dienone is 1. The molecular weight excluding hydrogens is 592 g/mol. The van der Waals surface area contributed by atoms with Gasteiger partial charge in [-0.15, -0.1) is 0 Å². The van der Waals surface area contributed by atoms with Gasteiger partial charge < -0.3 is 15.1 Å². The predicted molar refractivity (Wildman–Crippen MR) is 198 cm³/mol. The van der Waals surface area contributed by atoms with E-state index in [9.17, 15) is 9.59 Å². The first-order valence-electron chi connectivity index (χ1n) is 18.1. The Hall–Kier alpha value is -3.77. The van der Waals surface area contributed by atoms with Gasteiger partial charge in [0.2, 0.25) is 0 Å². The zero-order chi connectivity index (χ0) is 34.5. The zero-order valence-electron chi connectivity index (χ0n) is 30.4. The van der Waals surface area contributed by atoms with Crippen LogP contribution in [0.4, 0.5) is 5.69 Å². The van der Waals surface area contributed by atoms with Crippen LogP contribution < -0.4 is 10.2 Å². The molecule has 3 aliphatic rings. The number of likely N-dealkylation sites (tertiary alicyclic amines) is 1. The Labute approximate surface area is 289 Å². The van der Waals surface area contributed by atoms with E-state index in [2.05, 4.69) is 103 Å². The van der Waals surface area contributed by atoms with E-state index in [1.54, 1.807) is 18.7 Å². The summed E-state index contributed by atoms with van der Waals surface area (Å²) in [4.78, 5) is 33.0. The van der Waals surface area contributed by atoms with Crippen LogP contribution in [0.25, 0.3) is 5.57 Å². The van der Waals surface area contributed by atoms with Crippen molar-refractivity contribution in [3.63, 3.8) is 0 Å². The third kappa shape index (κ3) is 8.08. The quantitative estimate of drug-likeness (QED) is 0.213. The predicted octanol–water partition coefficient (Wildman–Crippen LogP) is 8.80. The molecule has 1 aliphatic heterocycles. The molecule has 6 rings (SSSR count). The number of anilines is 1. The smallest absolute Gasteiger partial charge is 0.253 e. The fraction of sp³-hybridized carbons (Fsp3) is 0.500. The lowest BCUT2D eigenvalue weighted by Crippen LogP contribution is -2.58. The van der Waals surface area contributed by atoms with Crippen LogP contribution in [0, 0.1) is 17.8 Å². The molecular formula is C42H56N4O2. The summed E-state index contributed by atoms with van der Waals surface area (Å²) in [6.07, 6.45) is 11.3. The standard InChI is InChI=1S/C35H44N4O.C7H12O/c1-6-16-39(17-7-2)32-18-30(21-36-22-32)34(40)37-26(4)27-12-14-29(15-13-27)33(28-10-8-25(3)9-11-28)31-19-35(20-31)23-38(5)24-35;1-3-7(4-5-7)6(2)8/h8-15,18,21-22,26H,6-7,16-17,19-20,23-24H2,1-5H3,(H,37,40);3-5H2,1-2H3/t26-;/m1./s1. The van der Waals surface area contributed by atoms with Crippen molar-refractivity contribution in [2.45, 2.75) is 92.5 Å². The van der Waals surface area contributed by atoms with Crippen molar-refractivity contribution in [1.29, 1.82) is 0 Å². The summed E-state index contributed by atoms with van der Waals surface area (Å²) in [5.41, 5.74) is 10.1. The first-order chi connectivity index (χ1) is 23.0. The molecule has 1 N–H and O–H groups in total. The topological polar surface area (TPSA) is 65.5 Å². The maximum atomic E-state index is 13.2. The number of nitrogens with zero attached hydrogens (tertiary/aromatic N) is 3. The van der Waals surface area contributed by atoms with E-state index in [1.165, 1.54) is 48.2 Å². The molecule has 3 fully saturated rings. The van der Waals surface area contributed by atoms with Crippen molar-refractivity contribution in [1.82, 2.24) is 15.2 Å². The van der Waals surface area contributed by atoms with Gasteiger partial charge in [0.25, 0.3) is 5.91 Å². The van der Waals surface area contributed by atoms with Crippen molar-refractivity contribution >= 4 is 23.0 Å². The molecule has 6 nitrogen and oxygen atoms in total. The van der Waals surface area contributed by atoms with E-state index in [4.69, 9.17) is 0 Å². The Balaban J connectivity index is 0.000000494. The van der Waals surface area contributed by atoms with Crippen molar-refractivity contribution in [3.05, 3.63) is 100 Å². The number of rotatable bonds is 12. The van der Waals surface area contributed by atoms with E-state index in [0.29, 0.717) is 16.8 Å². The lowest BCUT2D eigenvalue weighted by atomic mass is 9.59. The second-order valence-electron chi connectivity index (χ2n) is 14.8. The number of benzene rings is 2. The Morgan fingerprint density at radius 2 is 1.48 bits per heavy atom. The van der Waals surface area contributed by atoms with E-state index >= 15 is 0 Å². The number of hydrogen-bond donors (Lipinski definition) is 1. The molecule has 2 aliphatic carbocycles. The van der Waals surface area contributed by atoms with Crippen molar-refractivity contribution < 1.29 is 9.59 Å². The number of aromatic nitrogens is 1. The average Bonchev–Trinajstić information content (AvgIpc) is 3.86. The SMILES string of the molecule is CCC1(C(C)=O)CC1.CCCN(CCC)c1cncc(C(=O)N[C@H](C)c2ccc(C(=C3CC4(C3)CN(C)C4)c3ccc(C)cc3)cc2)c1. The van der Waals surface area contributed by atoms with Crippen LogP contribution in [0.2, 0.25) is 0 Å². The Kier molecular flexibility index (Phi) is 11.2. The second-order valence-corrected chi connectivity index (χ2v) is 14.8. The number of carbonyl (C=O) groups is 2. The van der Waals surface area contributed by atoms with Crippen LogP contribution in [0.1, 0.15) is 118 Å². The summed E-state index contributed by atoms with van der Waals surface area (Å²) >= 11 is 0. The molecule has 1 saturated heterocycles. The van der Waals surface area contributed by atoms with E-state index in [-0.39, 0.29) is 17.4 Å². The molecule has 1 aromatic heterocycles. The first-order valence-corrected chi connectivity index (χ1v) is 18.1. The minimum absolute atomic E-state index is 0.0911. The van der Waals surface area contributed by atoms with Gasteiger partial charge in [0.15, 0.2) is 0 Å². The van der Waals surface area contributed by atoms with Crippen molar-refractivity contribution in [2.24, 2.45) is 10.8 Å². The third-order valence-electron chi connectivity index (χ3n) is 10.7. The van der Waals surface area contributed by atoms with Gasteiger partial charge in [-0.25, -0.2) is 0 Å². The van der Waals surface area contributed by atoms with Gasteiger partial charge in [0.05, 0.1) is 23.5 Å². The van der Waals surface area contributed by atoms with Gasteiger partial charge in [-0.3, -0.25) is 14.6 Å². The van der Waals surface area contributed by atoms with E-state index in [0.717, 1.165) is 56.4 Å². The number of nitrogens with one attached hydrogen (secondary N) is 1. The number of amides is 1. The lowest BCUT2D eigenvalue weighted by molar-refractivity contribution is -0.122. The highest BCUT2D eigenvalue weighted by Gasteiger charge is 2.49. The molecule has 1 spiro atoms. The molecule has 2 saturated carbocycles. The summed E-state index contributed by atoms with van der Waals surface area (Å²) in [5.74, 6) is 0.298. The molecule has 2 aromatic carbocycles. The molecule has 0 bridgehead atoms. The minimum Gasteiger partial charge on any atom is -0.370 e. The van der Waals surface area contributed by atoms with E-state index in [1.807, 2.05) is 19.2 Å². The Morgan fingerprint density at radius 1 is 0.896 bits per heavy atom. The molecule has 3 aromatic rings. The third-order valence-corrected chi connectivity index (χ3v) is 10.7. The van der Waals surface area contributed by atoms with Gasteiger partial charge in [0.1, 0.15) is 5.78 Å². The molecule has 0 radical (unpaired) electrons. The number of carbonyl (C=O) groups excluding carboxylic acids is 2. The van der Waals surface area contributed by atoms with Crippen LogP contribution in [0.3, 0.4) is 0 Å². The van der Waals surface area contributed by atoms with Gasteiger partial charge in [-0.1, -0.05) is 80.4 Å². The van der Waals surface area contributed by atoms with Crippen LogP contribution in [-0.4, -0.2) is 54.8 Å². The fourth-order valence-corrected chi connectivity index (χ4v) is 7.69. The molecule has 0 unspecified atom stereocenters. The maximum absolute atomic E-state index is 13.2. The number of hydrogen-bond acceptors (Lipinski definition) is 5. The zero-order valence-corrected chi connectivity index (χ0v) is 30.4. The summed E-state index contributed by atoms with van der Waals surface area (Å²) < 4.78 is 0. The maximum Gasteiger partial charge on any atom is 0.253 e.